The molecule has 1 atom stereocenters. The summed E-state index contributed by atoms with van der Waals surface area (Å²) < 4.78 is 16.4. The molecule has 1 aliphatic heterocycles. The smallest absolute Gasteiger partial charge is 0.161 e. The van der Waals surface area contributed by atoms with Crippen molar-refractivity contribution in [3.8, 4) is 11.5 Å². The number of nitrogens with one attached hydrogen (secondary N) is 1. The number of methoxy groups -OCH3 is 1. The third-order valence-corrected chi connectivity index (χ3v) is 3.62. The number of hydrogen-bond donors (Lipinski definition) is 1. The molecule has 1 heterocycles. The van der Waals surface area contributed by atoms with Gasteiger partial charge < -0.3 is 19.5 Å². The molecule has 1 unspecified atom stereocenters. The van der Waals surface area contributed by atoms with Crippen molar-refractivity contribution in [1.29, 1.82) is 0 Å². The third kappa shape index (κ3) is 3.84. The molecule has 1 aromatic carbocycles. The van der Waals surface area contributed by atoms with Crippen LogP contribution in [0, 0.1) is 0 Å². The molecule has 110 valence electrons. The fourth-order valence-corrected chi connectivity index (χ4v) is 2.41. The van der Waals surface area contributed by atoms with Crippen molar-refractivity contribution in [2.24, 2.45) is 0 Å². The Bertz CT molecular complexity index is 458. The second-order valence-electron chi connectivity index (χ2n) is 4.64. The number of thiocarbonyl (C=S) groups is 1. The van der Waals surface area contributed by atoms with Crippen molar-refractivity contribution in [2.75, 3.05) is 26.9 Å². The highest BCUT2D eigenvalue weighted by Crippen LogP contribution is 2.28. The normalized spacial score (nSPS) is 17.8. The highest BCUT2D eigenvalue weighted by molar-refractivity contribution is 7.80. The monoisotopic (exact) mass is 295 g/mol. The zero-order valence-electron chi connectivity index (χ0n) is 12.0. The first-order valence-corrected chi connectivity index (χ1v) is 7.36. The van der Waals surface area contributed by atoms with Gasteiger partial charge in [-0.3, -0.25) is 0 Å². The summed E-state index contributed by atoms with van der Waals surface area (Å²) in [5, 5.41) is 3.25. The summed E-state index contributed by atoms with van der Waals surface area (Å²) in [4.78, 5) is 0.710. The molecular formula is C15H21NO3S. The van der Waals surface area contributed by atoms with E-state index >= 15 is 0 Å². The lowest BCUT2D eigenvalue weighted by Gasteiger charge is -2.14. The Kier molecular flexibility index (Phi) is 5.61. The largest absolute Gasteiger partial charge is 0.493 e. The van der Waals surface area contributed by atoms with E-state index in [1.54, 1.807) is 7.11 Å². The van der Waals surface area contributed by atoms with Gasteiger partial charge >= 0.3 is 0 Å². The van der Waals surface area contributed by atoms with Gasteiger partial charge in [0.15, 0.2) is 11.5 Å². The summed E-state index contributed by atoms with van der Waals surface area (Å²) >= 11 is 5.41. The number of hydrogen-bond acceptors (Lipinski definition) is 4. The molecular weight excluding hydrogens is 274 g/mol. The fraction of sp³-hybridized carbons (Fsp3) is 0.533. The summed E-state index contributed by atoms with van der Waals surface area (Å²) in [6.45, 7) is 4.17. The second kappa shape index (κ2) is 7.45. The molecule has 0 amide bonds. The van der Waals surface area contributed by atoms with Crippen molar-refractivity contribution in [1.82, 2.24) is 5.32 Å². The molecule has 0 aromatic heterocycles. The van der Waals surface area contributed by atoms with Crippen LogP contribution < -0.4 is 14.8 Å². The molecule has 0 saturated carbocycles. The van der Waals surface area contributed by atoms with E-state index in [1.165, 1.54) is 0 Å². The highest BCUT2D eigenvalue weighted by Gasteiger charge is 2.16. The minimum Gasteiger partial charge on any atom is -0.493 e. The number of benzene rings is 1. The lowest BCUT2D eigenvalue weighted by atomic mass is 10.2. The Hall–Kier alpha value is -1.33. The lowest BCUT2D eigenvalue weighted by Crippen LogP contribution is -2.31. The van der Waals surface area contributed by atoms with Crippen molar-refractivity contribution >= 4 is 17.2 Å². The maximum atomic E-state index is 5.57. The van der Waals surface area contributed by atoms with Gasteiger partial charge in [-0.25, -0.2) is 0 Å². The molecule has 2 rings (SSSR count). The van der Waals surface area contributed by atoms with Crippen molar-refractivity contribution in [2.45, 2.75) is 25.9 Å². The Balaban J connectivity index is 1.98. The van der Waals surface area contributed by atoms with Crippen molar-refractivity contribution in [3.63, 3.8) is 0 Å². The summed E-state index contributed by atoms with van der Waals surface area (Å²) in [6.07, 6.45) is 2.51. The van der Waals surface area contributed by atoms with Gasteiger partial charge in [0, 0.05) is 18.7 Å². The average Bonchev–Trinajstić information content (AvgIpc) is 2.98. The van der Waals surface area contributed by atoms with Crippen molar-refractivity contribution < 1.29 is 14.2 Å². The zero-order chi connectivity index (χ0) is 14.4. The molecule has 1 N–H and O–H groups in total. The molecule has 4 nitrogen and oxygen atoms in total. The number of ether oxygens (including phenoxy) is 3. The average molecular weight is 295 g/mol. The Morgan fingerprint density at radius 1 is 1.45 bits per heavy atom. The van der Waals surface area contributed by atoms with E-state index in [9.17, 15) is 0 Å². The van der Waals surface area contributed by atoms with E-state index < -0.39 is 0 Å². The van der Waals surface area contributed by atoms with E-state index in [-0.39, 0.29) is 6.10 Å². The quantitative estimate of drug-likeness (QED) is 0.817. The minimum absolute atomic E-state index is 0.276. The van der Waals surface area contributed by atoms with Crippen LogP contribution in [0.15, 0.2) is 18.2 Å². The van der Waals surface area contributed by atoms with Crippen LogP contribution in [0.4, 0.5) is 0 Å². The topological polar surface area (TPSA) is 39.7 Å². The van der Waals surface area contributed by atoms with Gasteiger partial charge in [-0.1, -0.05) is 12.2 Å². The Morgan fingerprint density at radius 3 is 2.95 bits per heavy atom. The molecule has 1 saturated heterocycles. The maximum Gasteiger partial charge on any atom is 0.161 e. The molecule has 0 bridgehead atoms. The van der Waals surface area contributed by atoms with Crippen LogP contribution in [0.3, 0.4) is 0 Å². The standard InChI is InChI=1S/C15H21NO3S/c1-3-18-13-7-6-11(9-14(13)17-2)15(20)16-10-12-5-4-8-19-12/h6-7,9,12H,3-5,8,10H2,1-2H3,(H,16,20). The van der Waals surface area contributed by atoms with E-state index in [2.05, 4.69) is 5.32 Å². The molecule has 0 spiro atoms. The molecule has 0 aliphatic carbocycles. The van der Waals surface area contributed by atoms with Crippen LogP contribution in [0.5, 0.6) is 11.5 Å². The fourth-order valence-electron chi connectivity index (χ4n) is 2.20. The Labute approximate surface area is 125 Å². The first-order valence-electron chi connectivity index (χ1n) is 6.95. The summed E-state index contributed by atoms with van der Waals surface area (Å²) in [6, 6.07) is 5.73. The number of rotatable bonds is 6. The third-order valence-electron chi connectivity index (χ3n) is 3.24. The van der Waals surface area contributed by atoms with Gasteiger partial charge in [0.05, 0.1) is 19.8 Å². The predicted molar refractivity (Wildman–Crippen MR) is 82.8 cm³/mol. The minimum atomic E-state index is 0.276. The SMILES string of the molecule is CCOc1ccc(C(=S)NCC2CCCO2)cc1OC. The Morgan fingerprint density at radius 2 is 2.30 bits per heavy atom. The van der Waals surface area contributed by atoms with Gasteiger partial charge in [-0.2, -0.15) is 0 Å². The van der Waals surface area contributed by atoms with Crippen LogP contribution in [0.2, 0.25) is 0 Å². The van der Waals surface area contributed by atoms with Crippen molar-refractivity contribution in [3.05, 3.63) is 23.8 Å². The summed E-state index contributed by atoms with van der Waals surface area (Å²) in [7, 11) is 1.63. The van der Waals surface area contributed by atoms with Gasteiger partial charge in [-0.05, 0) is 38.0 Å². The van der Waals surface area contributed by atoms with Crippen LogP contribution in [0.25, 0.3) is 0 Å². The second-order valence-corrected chi connectivity index (χ2v) is 5.05. The van der Waals surface area contributed by atoms with E-state index in [4.69, 9.17) is 26.4 Å². The first-order chi connectivity index (χ1) is 9.74. The van der Waals surface area contributed by atoms with Crippen LogP contribution in [-0.2, 0) is 4.74 Å². The highest BCUT2D eigenvalue weighted by atomic mass is 32.1. The van der Waals surface area contributed by atoms with Gasteiger partial charge in [-0.15, -0.1) is 0 Å². The van der Waals surface area contributed by atoms with Gasteiger partial charge in [0.1, 0.15) is 4.99 Å². The summed E-state index contributed by atoms with van der Waals surface area (Å²) in [5.41, 5.74) is 0.929. The van der Waals surface area contributed by atoms with Crippen LogP contribution in [-0.4, -0.2) is 38.0 Å². The van der Waals surface area contributed by atoms with E-state index in [1.807, 2.05) is 25.1 Å². The molecule has 0 radical (unpaired) electrons. The predicted octanol–water partition coefficient (Wildman–Crippen LogP) is 2.54. The zero-order valence-corrected chi connectivity index (χ0v) is 12.8. The molecule has 1 aliphatic rings. The maximum absolute atomic E-state index is 5.57. The molecule has 1 aromatic rings. The van der Waals surface area contributed by atoms with E-state index in [0.717, 1.165) is 37.3 Å². The molecule has 20 heavy (non-hydrogen) atoms. The van der Waals surface area contributed by atoms with Gasteiger partial charge in [0.2, 0.25) is 0 Å². The molecule has 5 heteroatoms. The summed E-state index contributed by atoms with van der Waals surface area (Å²) in [5.74, 6) is 1.44. The van der Waals surface area contributed by atoms with Gasteiger partial charge in [0.25, 0.3) is 0 Å². The van der Waals surface area contributed by atoms with Crippen LogP contribution >= 0.6 is 12.2 Å². The van der Waals surface area contributed by atoms with Crippen LogP contribution in [0.1, 0.15) is 25.3 Å². The first kappa shape index (κ1) is 15.1. The van der Waals surface area contributed by atoms with E-state index in [0.29, 0.717) is 17.3 Å². The molecule has 1 fully saturated rings. The lowest BCUT2D eigenvalue weighted by molar-refractivity contribution is 0.114.